The Morgan fingerprint density at radius 1 is 1.19 bits per heavy atom. The molecule has 9 heteroatoms. The van der Waals surface area contributed by atoms with E-state index in [9.17, 15) is 14.4 Å². The first-order valence-electron chi connectivity index (χ1n) is 8.08. The fourth-order valence-corrected chi connectivity index (χ4v) is 3.39. The average molecular weight is 397 g/mol. The summed E-state index contributed by atoms with van der Waals surface area (Å²) in [5, 5.41) is 4.96. The third-order valence-electron chi connectivity index (χ3n) is 4.58. The quantitative estimate of drug-likeness (QED) is 0.614. The minimum atomic E-state index is -1.14. The van der Waals surface area contributed by atoms with Gasteiger partial charge in [0.15, 0.2) is 5.69 Å². The van der Waals surface area contributed by atoms with E-state index in [4.69, 9.17) is 23.2 Å². The summed E-state index contributed by atoms with van der Waals surface area (Å²) in [6, 6.07) is 6.46. The molecule has 0 saturated heterocycles. The lowest BCUT2D eigenvalue weighted by Crippen LogP contribution is -2.46. The van der Waals surface area contributed by atoms with Crippen molar-refractivity contribution in [1.29, 1.82) is 0 Å². The van der Waals surface area contributed by atoms with Gasteiger partial charge < -0.3 is 0 Å². The molecule has 1 atom stereocenters. The van der Waals surface area contributed by atoms with Crippen LogP contribution in [0.5, 0.6) is 0 Å². The standard InChI is InChI=1S/C17H18Cl2N4O3/c1-9(2)23-14(25)11-7-5-4-6-10(11)12(22-23)13(24)20-21-15(26)16(3)8-17(16,18)19/h4-7,9H,8H2,1-3H3,(H,20,24)(H,21,26). The van der Waals surface area contributed by atoms with Crippen molar-refractivity contribution in [2.24, 2.45) is 5.41 Å². The van der Waals surface area contributed by atoms with Gasteiger partial charge in [-0.2, -0.15) is 5.10 Å². The highest BCUT2D eigenvalue weighted by molar-refractivity contribution is 6.53. The van der Waals surface area contributed by atoms with Crippen molar-refractivity contribution in [3.05, 3.63) is 40.3 Å². The topological polar surface area (TPSA) is 93.1 Å². The van der Waals surface area contributed by atoms with Crippen LogP contribution in [0.15, 0.2) is 29.1 Å². The maximum Gasteiger partial charge on any atom is 0.290 e. The number of halogens is 2. The highest BCUT2D eigenvalue weighted by Crippen LogP contribution is 2.63. The lowest BCUT2D eigenvalue weighted by atomic mass is 10.1. The van der Waals surface area contributed by atoms with Crippen molar-refractivity contribution >= 4 is 45.8 Å². The van der Waals surface area contributed by atoms with E-state index in [-0.39, 0.29) is 17.3 Å². The third kappa shape index (κ3) is 2.95. The van der Waals surface area contributed by atoms with Crippen molar-refractivity contribution in [2.75, 3.05) is 0 Å². The predicted molar refractivity (Wildman–Crippen MR) is 99.2 cm³/mol. The first kappa shape index (κ1) is 18.7. The zero-order valence-corrected chi connectivity index (χ0v) is 16.0. The lowest BCUT2D eigenvalue weighted by Gasteiger charge is -2.15. The maximum atomic E-state index is 12.6. The van der Waals surface area contributed by atoms with Gasteiger partial charge in [0, 0.05) is 5.39 Å². The zero-order chi connectivity index (χ0) is 19.3. The summed E-state index contributed by atoms with van der Waals surface area (Å²) in [6.07, 6.45) is 0.296. The van der Waals surface area contributed by atoms with Crippen molar-refractivity contribution in [1.82, 2.24) is 20.6 Å². The van der Waals surface area contributed by atoms with Crippen LogP contribution in [0.4, 0.5) is 0 Å². The van der Waals surface area contributed by atoms with Gasteiger partial charge in [0.05, 0.1) is 16.8 Å². The second kappa shape index (κ2) is 6.25. The minimum absolute atomic E-state index is 0.0400. The van der Waals surface area contributed by atoms with E-state index < -0.39 is 21.6 Å². The Balaban J connectivity index is 1.90. The van der Waals surface area contributed by atoms with Gasteiger partial charge in [-0.1, -0.05) is 18.2 Å². The van der Waals surface area contributed by atoms with E-state index in [1.54, 1.807) is 45.0 Å². The Labute approximate surface area is 159 Å². The van der Waals surface area contributed by atoms with Crippen LogP contribution in [-0.4, -0.2) is 25.9 Å². The monoisotopic (exact) mass is 396 g/mol. The molecule has 26 heavy (non-hydrogen) atoms. The number of fused-ring (bicyclic) bond motifs is 1. The van der Waals surface area contributed by atoms with Crippen molar-refractivity contribution < 1.29 is 9.59 Å². The van der Waals surface area contributed by atoms with Crippen LogP contribution in [-0.2, 0) is 4.79 Å². The molecule has 0 aliphatic heterocycles. The lowest BCUT2D eigenvalue weighted by molar-refractivity contribution is -0.126. The number of carbonyl (C=O) groups excluding carboxylic acids is 2. The third-order valence-corrected chi connectivity index (χ3v) is 5.68. The van der Waals surface area contributed by atoms with Crippen LogP contribution in [0.1, 0.15) is 43.7 Å². The largest absolute Gasteiger partial charge is 0.290 e. The molecule has 1 saturated carbocycles. The van der Waals surface area contributed by atoms with E-state index >= 15 is 0 Å². The van der Waals surface area contributed by atoms with Gasteiger partial charge in [-0.3, -0.25) is 25.2 Å². The van der Waals surface area contributed by atoms with Gasteiger partial charge in [0.1, 0.15) is 4.33 Å². The van der Waals surface area contributed by atoms with Gasteiger partial charge in [-0.25, -0.2) is 4.68 Å². The Kier molecular flexibility index (Phi) is 4.48. The van der Waals surface area contributed by atoms with E-state index in [0.29, 0.717) is 17.2 Å². The molecule has 3 rings (SSSR count). The molecule has 0 radical (unpaired) electrons. The first-order chi connectivity index (χ1) is 12.1. The Hall–Kier alpha value is -2.12. The minimum Gasteiger partial charge on any atom is -0.273 e. The second-order valence-electron chi connectivity index (χ2n) is 6.86. The van der Waals surface area contributed by atoms with Crippen molar-refractivity contribution in [3.63, 3.8) is 0 Å². The number of benzene rings is 1. The van der Waals surface area contributed by atoms with Crippen LogP contribution in [0.3, 0.4) is 0 Å². The van der Waals surface area contributed by atoms with E-state index in [2.05, 4.69) is 16.0 Å². The number of alkyl halides is 2. The number of nitrogens with zero attached hydrogens (tertiary/aromatic N) is 2. The van der Waals surface area contributed by atoms with Crippen LogP contribution >= 0.6 is 23.2 Å². The average Bonchev–Trinajstić information content (AvgIpc) is 3.12. The number of aromatic nitrogens is 2. The summed E-state index contributed by atoms with van der Waals surface area (Å²) in [6.45, 7) is 5.20. The normalized spacial score (nSPS) is 20.8. The Morgan fingerprint density at radius 3 is 2.31 bits per heavy atom. The fourth-order valence-electron chi connectivity index (χ4n) is 2.68. The molecule has 0 spiro atoms. The molecular formula is C17H18Cl2N4O3. The molecule has 138 valence electrons. The summed E-state index contributed by atoms with van der Waals surface area (Å²) in [7, 11) is 0. The number of hydrazine groups is 1. The smallest absolute Gasteiger partial charge is 0.273 e. The molecule has 1 heterocycles. The Morgan fingerprint density at radius 2 is 1.77 bits per heavy atom. The maximum absolute atomic E-state index is 12.6. The summed E-state index contributed by atoms with van der Waals surface area (Å²) in [5.41, 5.74) is 3.45. The number of rotatable bonds is 3. The first-order valence-corrected chi connectivity index (χ1v) is 8.84. The van der Waals surface area contributed by atoms with Gasteiger partial charge in [0.2, 0.25) is 5.91 Å². The molecule has 1 aliphatic rings. The highest BCUT2D eigenvalue weighted by atomic mass is 35.5. The fraction of sp³-hybridized carbons (Fsp3) is 0.412. The molecule has 1 unspecified atom stereocenters. The predicted octanol–water partition coefficient (Wildman–Crippen LogP) is 2.32. The number of hydrogen-bond donors (Lipinski definition) is 2. The van der Waals surface area contributed by atoms with E-state index in [0.717, 1.165) is 0 Å². The van der Waals surface area contributed by atoms with Crippen molar-refractivity contribution in [3.8, 4) is 0 Å². The van der Waals surface area contributed by atoms with Gasteiger partial charge >= 0.3 is 0 Å². The van der Waals surface area contributed by atoms with Crippen LogP contribution in [0.2, 0.25) is 0 Å². The SMILES string of the molecule is CC(C)n1nc(C(=O)NNC(=O)C2(C)CC2(Cl)Cl)c2ccccc2c1=O. The van der Waals surface area contributed by atoms with Crippen LogP contribution in [0, 0.1) is 5.41 Å². The highest BCUT2D eigenvalue weighted by Gasteiger charge is 2.68. The summed E-state index contributed by atoms with van der Waals surface area (Å²) in [5.74, 6) is -1.12. The number of nitrogens with one attached hydrogen (secondary N) is 2. The molecule has 1 fully saturated rings. The number of hydrogen-bond acceptors (Lipinski definition) is 4. The molecule has 1 aromatic heterocycles. The summed E-state index contributed by atoms with van der Waals surface area (Å²) < 4.78 is 0.0987. The second-order valence-corrected chi connectivity index (χ2v) is 8.34. The van der Waals surface area contributed by atoms with E-state index in [1.165, 1.54) is 4.68 Å². The number of amides is 2. The molecular weight excluding hydrogens is 379 g/mol. The van der Waals surface area contributed by atoms with Gasteiger partial charge in [-0.05, 0) is 33.3 Å². The molecule has 0 bridgehead atoms. The molecule has 1 aliphatic carbocycles. The Bertz CT molecular complexity index is 970. The number of carbonyl (C=O) groups is 2. The van der Waals surface area contributed by atoms with Crippen LogP contribution in [0.25, 0.3) is 10.8 Å². The molecule has 1 aromatic carbocycles. The van der Waals surface area contributed by atoms with E-state index in [1.807, 2.05) is 0 Å². The molecule has 2 aromatic rings. The van der Waals surface area contributed by atoms with Gasteiger partial charge in [0.25, 0.3) is 11.5 Å². The zero-order valence-electron chi connectivity index (χ0n) is 14.5. The van der Waals surface area contributed by atoms with Gasteiger partial charge in [-0.15, -0.1) is 23.2 Å². The molecule has 7 nitrogen and oxygen atoms in total. The molecule has 2 amide bonds. The van der Waals surface area contributed by atoms with Crippen molar-refractivity contribution in [2.45, 2.75) is 37.6 Å². The summed E-state index contributed by atoms with van der Waals surface area (Å²) >= 11 is 11.9. The van der Waals surface area contributed by atoms with Crippen LogP contribution < -0.4 is 16.4 Å². The summed E-state index contributed by atoms with van der Waals surface area (Å²) in [4.78, 5) is 37.3. The molecule has 2 N–H and O–H groups in total.